The van der Waals surface area contributed by atoms with Crippen molar-refractivity contribution in [2.75, 3.05) is 30.1 Å². The number of nitrogens with one attached hydrogen (secondary N) is 1. The number of carbonyl (C=O) groups excluding carboxylic acids is 1. The van der Waals surface area contributed by atoms with Crippen molar-refractivity contribution in [1.82, 2.24) is 15.0 Å². The fourth-order valence-electron chi connectivity index (χ4n) is 2.54. The second-order valence-electron chi connectivity index (χ2n) is 5.81. The van der Waals surface area contributed by atoms with Gasteiger partial charge in [-0.3, -0.25) is 0 Å². The highest BCUT2D eigenvalue weighted by molar-refractivity contribution is 7.15. The molecule has 0 aliphatic carbocycles. The lowest BCUT2D eigenvalue weighted by molar-refractivity contribution is 0.0601. The number of thiazole rings is 1. The van der Waals surface area contributed by atoms with E-state index >= 15 is 0 Å². The van der Waals surface area contributed by atoms with Crippen molar-refractivity contribution in [3.63, 3.8) is 0 Å². The van der Waals surface area contributed by atoms with Crippen LogP contribution in [0.5, 0.6) is 0 Å². The average molecular weight is 384 g/mol. The molecule has 0 amide bonds. The van der Waals surface area contributed by atoms with E-state index in [1.54, 1.807) is 30.1 Å². The molecule has 0 radical (unpaired) electrons. The second kappa shape index (κ2) is 7.58. The van der Waals surface area contributed by atoms with Crippen molar-refractivity contribution in [2.24, 2.45) is 0 Å². The lowest BCUT2D eigenvalue weighted by Gasteiger charge is -2.22. The Morgan fingerprint density at radius 2 is 2.00 bits per heavy atom. The molecule has 0 unspecified atom stereocenters. The molecule has 0 spiro atoms. The topological polar surface area (TPSA) is 106 Å². The Labute approximate surface area is 161 Å². The lowest BCUT2D eigenvalue weighted by atomic mass is 10.1. The molecule has 0 saturated heterocycles. The zero-order valence-corrected chi connectivity index (χ0v) is 16.3. The third-order valence-electron chi connectivity index (χ3n) is 4.11. The molecule has 0 aliphatic heterocycles. The zero-order chi connectivity index (χ0) is 19.6. The first kappa shape index (κ1) is 18.6. The summed E-state index contributed by atoms with van der Waals surface area (Å²) in [7, 11) is 3.13. The van der Waals surface area contributed by atoms with E-state index in [0.717, 1.165) is 10.6 Å². The summed E-state index contributed by atoms with van der Waals surface area (Å²) in [6.07, 6.45) is 1.42. The Kier molecular flexibility index (Phi) is 5.22. The van der Waals surface area contributed by atoms with Gasteiger partial charge >= 0.3 is 5.97 Å². The van der Waals surface area contributed by atoms with E-state index in [2.05, 4.69) is 20.3 Å². The predicted octanol–water partition coefficient (Wildman–Crippen LogP) is 3.43. The van der Waals surface area contributed by atoms with E-state index in [9.17, 15) is 4.79 Å². The van der Waals surface area contributed by atoms with E-state index in [1.807, 2.05) is 19.9 Å². The summed E-state index contributed by atoms with van der Waals surface area (Å²) in [5.41, 5.74) is 8.66. The maximum atomic E-state index is 12.1. The van der Waals surface area contributed by atoms with Gasteiger partial charge in [0, 0.05) is 11.9 Å². The van der Waals surface area contributed by atoms with Crippen LogP contribution >= 0.6 is 11.3 Å². The zero-order valence-electron chi connectivity index (χ0n) is 15.5. The summed E-state index contributed by atoms with van der Waals surface area (Å²) in [4.78, 5) is 27.9. The second-order valence-corrected chi connectivity index (χ2v) is 7.02. The molecule has 9 heteroatoms. The summed E-state index contributed by atoms with van der Waals surface area (Å²) in [6, 6.07) is 7.09. The first-order valence-electron chi connectivity index (χ1n) is 8.15. The van der Waals surface area contributed by atoms with E-state index in [-0.39, 0.29) is 0 Å². The van der Waals surface area contributed by atoms with Gasteiger partial charge in [-0.2, -0.15) is 0 Å². The van der Waals surface area contributed by atoms with E-state index in [1.165, 1.54) is 24.8 Å². The van der Waals surface area contributed by atoms with Gasteiger partial charge in [0.05, 0.1) is 24.1 Å². The van der Waals surface area contributed by atoms with Crippen molar-refractivity contribution >= 4 is 45.4 Å². The lowest BCUT2D eigenvalue weighted by Crippen LogP contribution is -2.18. The minimum atomic E-state index is -0.433. The first-order chi connectivity index (χ1) is 12.9. The van der Waals surface area contributed by atoms with Crippen LogP contribution in [-0.2, 0) is 4.74 Å². The fourth-order valence-corrected chi connectivity index (χ4v) is 3.36. The molecule has 3 rings (SSSR count). The summed E-state index contributed by atoms with van der Waals surface area (Å²) in [5.74, 6) is 0.488. The quantitative estimate of drug-likeness (QED) is 0.645. The number of ether oxygens (including phenoxy) is 1. The van der Waals surface area contributed by atoms with Crippen molar-refractivity contribution in [3.05, 3.63) is 46.7 Å². The fraction of sp³-hybridized carbons (Fsp3) is 0.222. The number of methoxy groups -OCH3 is 1. The minimum absolute atomic E-state index is 0.352. The number of nitrogens with zero attached hydrogens (tertiary/aromatic N) is 4. The number of para-hydroxylation sites is 1. The van der Waals surface area contributed by atoms with Gasteiger partial charge in [0.2, 0.25) is 0 Å². The number of aryl methyl sites for hydroxylation is 2. The molecule has 1 aromatic carbocycles. The molecule has 0 fully saturated rings. The molecule has 2 heterocycles. The molecular formula is C18H20N6O2S. The van der Waals surface area contributed by atoms with Crippen LogP contribution < -0.4 is 16.0 Å². The van der Waals surface area contributed by atoms with Crippen LogP contribution in [0.4, 0.5) is 28.1 Å². The minimum Gasteiger partial charge on any atom is -0.465 e. The number of rotatable bonds is 5. The molecule has 27 heavy (non-hydrogen) atoms. The molecule has 8 nitrogen and oxygen atoms in total. The number of nitrogen functional groups attached to an aromatic ring is 1. The summed E-state index contributed by atoms with van der Waals surface area (Å²) in [5, 5.41) is 3.85. The van der Waals surface area contributed by atoms with Crippen LogP contribution in [0.15, 0.2) is 30.6 Å². The van der Waals surface area contributed by atoms with Crippen LogP contribution in [0.3, 0.4) is 0 Å². The average Bonchev–Trinajstić information content (AvgIpc) is 2.99. The van der Waals surface area contributed by atoms with Gasteiger partial charge in [-0.05, 0) is 26.0 Å². The first-order valence-corrected chi connectivity index (χ1v) is 8.96. The summed E-state index contributed by atoms with van der Waals surface area (Å²) >= 11 is 1.52. The van der Waals surface area contributed by atoms with Crippen molar-refractivity contribution in [1.29, 1.82) is 0 Å². The Morgan fingerprint density at radius 3 is 2.67 bits per heavy atom. The number of esters is 1. The van der Waals surface area contributed by atoms with Crippen LogP contribution in [-0.4, -0.2) is 35.1 Å². The third kappa shape index (κ3) is 3.68. The highest BCUT2D eigenvalue weighted by Gasteiger charge is 2.20. The van der Waals surface area contributed by atoms with Crippen LogP contribution in [0.25, 0.3) is 0 Å². The molecule has 0 bridgehead atoms. The molecule has 0 aliphatic rings. The highest BCUT2D eigenvalue weighted by atomic mass is 32.1. The van der Waals surface area contributed by atoms with Gasteiger partial charge in [0.1, 0.15) is 12.0 Å². The number of benzene rings is 1. The maximum absolute atomic E-state index is 12.1. The smallest absolute Gasteiger partial charge is 0.339 e. The Morgan fingerprint density at radius 1 is 1.26 bits per heavy atom. The van der Waals surface area contributed by atoms with E-state index in [4.69, 9.17) is 10.5 Å². The summed E-state index contributed by atoms with van der Waals surface area (Å²) in [6.45, 7) is 3.95. The van der Waals surface area contributed by atoms with Crippen molar-refractivity contribution < 1.29 is 9.53 Å². The van der Waals surface area contributed by atoms with Gasteiger partial charge in [-0.25, -0.2) is 19.7 Å². The van der Waals surface area contributed by atoms with E-state index < -0.39 is 5.97 Å². The molecule has 3 aromatic rings. The number of nitrogens with two attached hydrogens (primary N) is 1. The van der Waals surface area contributed by atoms with E-state index in [0.29, 0.717) is 33.7 Å². The van der Waals surface area contributed by atoms with Gasteiger partial charge in [0.25, 0.3) is 0 Å². The van der Waals surface area contributed by atoms with Crippen LogP contribution in [0, 0.1) is 13.8 Å². The van der Waals surface area contributed by atoms with Gasteiger partial charge in [0.15, 0.2) is 16.8 Å². The standard InChI is InChI=1S/C18H20N6O2S/c1-10-11(2)27-18(22-10)23-15-14(19)16(21-9-20-15)24(3)13-8-6-5-7-12(13)17(25)26-4/h5-9H,19H2,1-4H3,(H,20,21,22,23). The summed E-state index contributed by atoms with van der Waals surface area (Å²) < 4.78 is 4.86. The monoisotopic (exact) mass is 384 g/mol. The number of carbonyl (C=O) groups is 1. The normalized spacial score (nSPS) is 10.5. The molecule has 0 saturated carbocycles. The Bertz CT molecular complexity index is 968. The molecule has 0 atom stereocenters. The number of aromatic nitrogens is 3. The SMILES string of the molecule is COC(=O)c1ccccc1N(C)c1ncnc(Nc2nc(C)c(C)s2)c1N. The largest absolute Gasteiger partial charge is 0.465 e. The molecular weight excluding hydrogens is 364 g/mol. The number of hydrogen-bond acceptors (Lipinski definition) is 9. The predicted molar refractivity (Wildman–Crippen MR) is 107 cm³/mol. The van der Waals surface area contributed by atoms with Gasteiger partial charge in [-0.15, -0.1) is 11.3 Å². The Balaban J connectivity index is 1.97. The third-order valence-corrected chi connectivity index (χ3v) is 5.09. The van der Waals surface area contributed by atoms with Gasteiger partial charge in [-0.1, -0.05) is 12.1 Å². The van der Waals surface area contributed by atoms with Crippen molar-refractivity contribution in [2.45, 2.75) is 13.8 Å². The van der Waals surface area contributed by atoms with Crippen LogP contribution in [0.2, 0.25) is 0 Å². The van der Waals surface area contributed by atoms with Crippen LogP contribution in [0.1, 0.15) is 20.9 Å². The number of anilines is 5. The maximum Gasteiger partial charge on any atom is 0.339 e. The highest BCUT2D eigenvalue weighted by Crippen LogP contribution is 2.34. The molecule has 2 aromatic heterocycles. The van der Waals surface area contributed by atoms with Gasteiger partial charge < -0.3 is 20.7 Å². The van der Waals surface area contributed by atoms with Crippen molar-refractivity contribution in [3.8, 4) is 0 Å². The number of hydrogen-bond donors (Lipinski definition) is 2. The Hall–Kier alpha value is -3.20. The molecule has 140 valence electrons. The molecule has 3 N–H and O–H groups in total.